The maximum Gasteiger partial charge on any atom is 0.290 e. The van der Waals surface area contributed by atoms with Crippen molar-refractivity contribution in [2.45, 2.75) is 45.8 Å². The van der Waals surface area contributed by atoms with Crippen LogP contribution >= 0.6 is 0 Å². The SMILES string of the molecule is Cc1nn(Cc2ccccc2)c(C)c1CNC(=O)[C@H]1CCCN1C(=O)c1ccco1. The molecule has 1 aliphatic heterocycles. The number of carbonyl (C=O) groups excluding carboxylic acids is 2. The van der Waals surface area contributed by atoms with Gasteiger partial charge in [0.1, 0.15) is 6.04 Å². The smallest absolute Gasteiger partial charge is 0.290 e. The zero-order chi connectivity index (χ0) is 21.1. The lowest BCUT2D eigenvalue weighted by Crippen LogP contribution is -2.45. The van der Waals surface area contributed by atoms with E-state index in [-0.39, 0.29) is 17.6 Å². The Hall–Kier alpha value is -3.35. The summed E-state index contributed by atoms with van der Waals surface area (Å²) in [5.74, 6) is -0.105. The second kappa shape index (κ2) is 8.57. The van der Waals surface area contributed by atoms with E-state index in [2.05, 4.69) is 22.5 Å². The van der Waals surface area contributed by atoms with Crippen LogP contribution in [-0.4, -0.2) is 39.1 Å². The van der Waals surface area contributed by atoms with Crippen molar-refractivity contribution in [1.29, 1.82) is 0 Å². The molecule has 1 N–H and O–H groups in total. The lowest BCUT2D eigenvalue weighted by molar-refractivity contribution is -0.125. The van der Waals surface area contributed by atoms with Gasteiger partial charge < -0.3 is 14.6 Å². The van der Waals surface area contributed by atoms with Gasteiger partial charge >= 0.3 is 0 Å². The second-order valence-electron chi connectivity index (χ2n) is 7.64. The summed E-state index contributed by atoms with van der Waals surface area (Å²) in [5.41, 5.74) is 4.13. The monoisotopic (exact) mass is 406 g/mol. The van der Waals surface area contributed by atoms with Gasteiger partial charge in [-0.15, -0.1) is 0 Å². The van der Waals surface area contributed by atoms with Crippen LogP contribution in [0.1, 0.15) is 45.9 Å². The van der Waals surface area contributed by atoms with E-state index in [0.29, 0.717) is 26.1 Å². The van der Waals surface area contributed by atoms with Crippen LogP contribution in [-0.2, 0) is 17.9 Å². The number of nitrogens with zero attached hydrogens (tertiary/aromatic N) is 3. The van der Waals surface area contributed by atoms with Crippen molar-refractivity contribution in [3.8, 4) is 0 Å². The van der Waals surface area contributed by atoms with Gasteiger partial charge in [-0.25, -0.2) is 0 Å². The Morgan fingerprint density at radius 1 is 1.17 bits per heavy atom. The molecule has 1 aromatic carbocycles. The van der Waals surface area contributed by atoms with E-state index in [4.69, 9.17) is 4.42 Å². The average Bonchev–Trinajstić information content (AvgIpc) is 3.49. The van der Waals surface area contributed by atoms with E-state index in [1.165, 1.54) is 11.8 Å². The molecule has 1 atom stereocenters. The fourth-order valence-corrected chi connectivity index (χ4v) is 4.02. The summed E-state index contributed by atoms with van der Waals surface area (Å²) < 4.78 is 7.18. The number of benzene rings is 1. The molecule has 4 rings (SSSR count). The highest BCUT2D eigenvalue weighted by Crippen LogP contribution is 2.21. The van der Waals surface area contributed by atoms with Crippen LogP contribution < -0.4 is 5.32 Å². The number of nitrogens with one attached hydrogen (secondary N) is 1. The van der Waals surface area contributed by atoms with Crippen LogP contribution in [0.5, 0.6) is 0 Å². The minimum absolute atomic E-state index is 0.137. The molecule has 2 amide bonds. The number of carbonyl (C=O) groups is 2. The van der Waals surface area contributed by atoms with E-state index in [1.54, 1.807) is 17.0 Å². The number of likely N-dealkylation sites (tertiary alicyclic amines) is 1. The molecule has 3 aromatic rings. The van der Waals surface area contributed by atoms with E-state index in [1.807, 2.05) is 36.7 Å². The maximum atomic E-state index is 12.9. The molecule has 0 unspecified atom stereocenters. The number of aromatic nitrogens is 2. The Morgan fingerprint density at radius 2 is 1.97 bits per heavy atom. The topological polar surface area (TPSA) is 80.4 Å². The third-order valence-corrected chi connectivity index (χ3v) is 5.69. The van der Waals surface area contributed by atoms with Crippen molar-refractivity contribution in [3.63, 3.8) is 0 Å². The molecular weight excluding hydrogens is 380 g/mol. The highest BCUT2D eigenvalue weighted by atomic mass is 16.3. The molecule has 30 heavy (non-hydrogen) atoms. The fraction of sp³-hybridized carbons (Fsp3) is 0.348. The number of amides is 2. The lowest BCUT2D eigenvalue weighted by Gasteiger charge is -2.23. The molecule has 2 aromatic heterocycles. The molecule has 1 saturated heterocycles. The first-order valence-electron chi connectivity index (χ1n) is 10.2. The highest BCUT2D eigenvalue weighted by molar-refractivity contribution is 5.95. The number of hydrogen-bond acceptors (Lipinski definition) is 4. The van der Waals surface area contributed by atoms with Gasteiger partial charge in [0.05, 0.1) is 18.5 Å². The molecule has 7 heteroatoms. The maximum absolute atomic E-state index is 12.9. The van der Waals surface area contributed by atoms with Crippen molar-refractivity contribution in [1.82, 2.24) is 20.0 Å². The van der Waals surface area contributed by atoms with Crippen LogP contribution in [0.3, 0.4) is 0 Å². The molecule has 0 spiro atoms. The van der Waals surface area contributed by atoms with E-state index < -0.39 is 6.04 Å². The molecule has 0 radical (unpaired) electrons. The number of rotatable bonds is 6. The molecule has 1 aliphatic rings. The minimum atomic E-state index is -0.470. The van der Waals surface area contributed by atoms with Crippen molar-refractivity contribution >= 4 is 11.8 Å². The summed E-state index contributed by atoms with van der Waals surface area (Å²) in [5, 5.41) is 7.66. The Morgan fingerprint density at radius 3 is 2.70 bits per heavy atom. The number of aryl methyl sites for hydroxylation is 1. The van der Waals surface area contributed by atoms with E-state index >= 15 is 0 Å². The van der Waals surface area contributed by atoms with Crippen molar-refractivity contribution in [2.75, 3.05) is 6.54 Å². The van der Waals surface area contributed by atoms with Gasteiger partial charge in [-0.1, -0.05) is 30.3 Å². The predicted molar refractivity (Wildman–Crippen MR) is 112 cm³/mol. The molecule has 0 aliphatic carbocycles. The quantitative estimate of drug-likeness (QED) is 0.682. The average molecular weight is 406 g/mol. The van der Waals surface area contributed by atoms with Crippen LogP contribution in [0.4, 0.5) is 0 Å². The van der Waals surface area contributed by atoms with Crippen LogP contribution in [0.2, 0.25) is 0 Å². The van der Waals surface area contributed by atoms with Gasteiger partial charge in [0.25, 0.3) is 5.91 Å². The summed E-state index contributed by atoms with van der Waals surface area (Å²) in [6.07, 6.45) is 2.93. The molecule has 3 heterocycles. The zero-order valence-corrected chi connectivity index (χ0v) is 17.3. The van der Waals surface area contributed by atoms with Gasteiger partial charge in [-0.2, -0.15) is 5.10 Å². The predicted octanol–water partition coefficient (Wildman–Crippen LogP) is 3.06. The Labute approximate surface area is 175 Å². The van der Waals surface area contributed by atoms with Gasteiger partial charge in [-0.3, -0.25) is 14.3 Å². The van der Waals surface area contributed by atoms with E-state index in [0.717, 1.165) is 23.4 Å². The van der Waals surface area contributed by atoms with Gasteiger partial charge in [0.15, 0.2) is 5.76 Å². The molecule has 7 nitrogen and oxygen atoms in total. The van der Waals surface area contributed by atoms with Crippen LogP contribution in [0.25, 0.3) is 0 Å². The minimum Gasteiger partial charge on any atom is -0.459 e. The third kappa shape index (κ3) is 4.01. The van der Waals surface area contributed by atoms with Crippen molar-refractivity contribution in [2.24, 2.45) is 0 Å². The molecule has 0 saturated carbocycles. The number of furan rings is 1. The first kappa shape index (κ1) is 19.9. The summed E-state index contributed by atoms with van der Waals surface area (Å²) in [6.45, 7) is 5.62. The van der Waals surface area contributed by atoms with E-state index in [9.17, 15) is 9.59 Å². The molecule has 156 valence electrons. The Kier molecular flexibility index (Phi) is 5.70. The molecular formula is C23H26N4O3. The van der Waals surface area contributed by atoms with Crippen molar-refractivity contribution < 1.29 is 14.0 Å². The van der Waals surface area contributed by atoms with Gasteiger partial charge in [0.2, 0.25) is 5.91 Å². The van der Waals surface area contributed by atoms with Gasteiger partial charge in [-0.05, 0) is 44.4 Å². The first-order chi connectivity index (χ1) is 14.5. The summed E-state index contributed by atoms with van der Waals surface area (Å²) in [7, 11) is 0. The third-order valence-electron chi connectivity index (χ3n) is 5.69. The number of hydrogen-bond donors (Lipinski definition) is 1. The van der Waals surface area contributed by atoms with Gasteiger partial charge in [0, 0.05) is 24.3 Å². The second-order valence-corrected chi connectivity index (χ2v) is 7.64. The van der Waals surface area contributed by atoms with Crippen LogP contribution in [0.15, 0.2) is 53.1 Å². The largest absolute Gasteiger partial charge is 0.459 e. The van der Waals surface area contributed by atoms with Crippen LogP contribution in [0, 0.1) is 13.8 Å². The first-order valence-corrected chi connectivity index (χ1v) is 10.2. The fourth-order valence-electron chi connectivity index (χ4n) is 4.02. The summed E-state index contributed by atoms with van der Waals surface area (Å²) >= 11 is 0. The van der Waals surface area contributed by atoms with Crippen molar-refractivity contribution in [3.05, 3.63) is 77.0 Å². The standard InChI is InChI=1S/C23H26N4O3/c1-16-19(17(2)27(25-16)15-18-8-4-3-5-9-18)14-24-22(28)20-10-6-12-26(20)23(29)21-11-7-13-30-21/h3-5,7-9,11,13,20H,6,10,12,14-15H2,1-2H3,(H,24,28)/t20-/m1/s1. The zero-order valence-electron chi connectivity index (χ0n) is 17.3. The Balaban J connectivity index is 1.42. The molecule has 0 bridgehead atoms. The highest BCUT2D eigenvalue weighted by Gasteiger charge is 2.35. The molecule has 1 fully saturated rings. The summed E-state index contributed by atoms with van der Waals surface area (Å²) in [4.78, 5) is 27.1. The Bertz CT molecular complexity index is 1020. The normalized spacial score (nSPS) is 16.1. The lowest BCUT2D eigenvalue weighted by atomic mass is 10.1. The summed E-state index contributed by atoms with van der Waals surface area (Å²) in [6, 6.07) is 13.0.